The Morgan fingerprint density at radius 2 is 1.94 bits per heavy atom. The summed E-state index contributed by atoms with van der Waals surface area (Å²) in [5.74, 6) is 0. The fraction of sp³-hybridized carbons (Fsp3) is 0. The highest BCUT2D eigenvalue weighted by molar-refractivity contribution is 7.85. The number of benzene rings is 1. The molecule has 0 bridgehead atoms. The summed E-state index contributed by atoms with van der Waals surface area (Å²) in [6.45, 7) is 3.53. The van der Waals surface area contributed by atoms with Crippen molar-refractivity contribution in [3.63, 3.8) is 0 Å². The number of aromatic nitrogens is 2. The van der Waals surface area contributed by atoms with Crippen LogP contribution >= 0.6 is 0 Å². The van der Waals surface area contributed by atoms with Gasteiger partial charge >= 0.3 is 0 Å². The zero-order valence-electron chi connectivity index (χ0n) is 8.97. The number of imidazole rings is 1. The van der Waals surface area contributed by atoms with E-state index in [4.69, 9.17) is 4.55 Å². The van der Waals surface area contributed by atoms with Crippen LogP contribution in [0.15, 0.2) is 60.5 Å². The molecule has 0 aliphatic rings. The van der Waals surface area contributed by atoms with Crippen molar-refractivity contribution in [2.75, 3.05) is 0 Å². The molecule has 0 amide bonds. The SMILES string of the molecule is C=Cn1ccnc1.O=S(=O)(O)c1ccccc1. The molecule has 17 heavy (non-hydrogen) atoms. The molecule has 1 aromatic heterocycles. The summed E-state index contributed by atoms with van der Waals surface area (Å²) in [7, 11) is -4.00. The first-order valence-electron chi connectivity index (χ1n) is 4.66. The number of rotatable bonds is 2. The van der Waals surface area contributed by atoms with E-state index in [1.165, 1.54) is 12.1 Å². The van der Waals surface area contributed by atoms with Crippen molar-refractivity contribution in [3.8, 4) is 0 Å². The molecular formula is C11H12N2O3S. The summed E-state index contributed by atoms with van der Waals surface area (Å²) < 4.78 is 31.0. The van der Waals surface area contributed by atoms with Crippen molar-refractivity contribution >= 4 is 16.3 Å². The van der Waals surface area contributed by atoms with E-state index >= 15 is 0 Å². The first kappa shape index (κ1) is 13.1. The summed E-state index contributed by atoms with van der Waals surface area (Å²) in [5, 5.41) is 0. The van der Waals surface area contributed by atoms with Gasteiger partial charge in [0.25, 0.3) is 10.1 Å². The van der Waals surface area contributed by atoms with Gasteiger partial charge in [0.05, 0.1) is 11.2 Å². The predicted octanol–water partition coefficient (Wildman–Crippen LogP) is 1.92. The third-order valence-electron chi connectivity index (χ3n) is 1.78. The molecule has 6 heteroatoms. The molecule has 0 radical (unpaired) electrons. The van der Waals surface area contributed by atoms with Gasteiger partial charge in [0.2, 0.25) is 0 Å². The highest BCUT2D eigenvalue weighted by Gasteiger charge is 2.05. The van der Waals surface area contributed by atoms with Gasteiger partial charge < -0.3 is 4.57 Å². The minimum absolute atomic E-state index is 0.0741. The molecule has 0 aliphatic heterocycles. The van der Waals surface area contributed by atoms with E-state index in [2.05, 4.69) is 11.6 Å². The molecule has 1 N–H and O–H groups in total. The van der Waals surface area contributed by atoms with Crippen molar-refractivity contribution < 1.29 is 13.0 Å². The highest BCUT2D eigenvalue weighted by atomic mass is 32.2. The Labute approximate surface area is 99.8 Å². The Hall–Kier alpha value is -1.92. The van der Waals surface area contributed by atoms with E-state index in [1.54, 1.807) is 41.5 Å². The summed E-state index contributed by atoms with van der Waals surface area (Å²) in [6.07, 6.45) is 6.91. The van der Waals surface area contributed by atoms with E-state index in [0.717, 1.165) is 0 Å². The maximum atomic E-state index is 10.4. The molecule has 0 spiro atoms. The van der Waals surface area contributed by atoms with Crippen LogP contribution in [0.1, 0.15) is 0 Å². The minimum atomic E-state index is -4.00. The first-order chi connectivity index (χ1) is 8.04. The molecule has 0 unspecified atom stereocenters. The van der Waals surface area contributed by atoms with E-state index in [-0.39, 0.29) is 4.90 Å². The van der Waals surface area contributed by atoms with E-state index < -0.39 is 10.1 Å². The molecule has 0 saturated carbocycles. The van der Waals surface area contributed by atoms with Crippen LogP contribution in [0.3, 0.4) is 0 Å². The molecule has 90 valence electrons. The topological polar surface area (TPSA) is 72.2 Å². The minimum Gasteiger partial charge on any atom is -0.314 e. The quantitative estimate of drug-likeness (QED) is 0.829. The van der Waals surface area contributed by atoms with Gasteiger partial charge in [0, 0.05) is 18.6 Å². The molecular weight excluding hydrogens is 240 g/mol. The van der Waals surface area contributed by atoms with Crippen LogP contribution in [0.2, 0.25) is 0 Å². The van der Waals surface area contributed by atoms with Gasteiger partial charge in [0.1, 0.15) is 0 Å². The Morgan fingerprint density at radius 3 is 2.24 bits per heavy atom. The third kappa shape index (κ3) is 4.62. The molecule has 1 aromatic carbocycles. The predicted molar refractivity (Wildman–Crippen MR) is 64.9 cm³/mol. The summed E-state index contributed by atoms with van der Waals surface area (Å²) in [6, 6.07) is 7.42. The average molecular weight is 252 g/mol. The second-order valence-corrected chi connectivity index (χ2v) is 4.40. The zero-order chi connectivity index (χ0) is 12.7. The molecule has 2 aromatic rings. The highest BCUT2D eigenvalue weighted by Crippen LogP contribution is 2.05. The van der Waals surface area contributed by atoms with Gasteiger partial charge in [-0.3, -0.25) is 4.55 Å². The summed E-state index contributed by atoms with van der Waals surface area (Å²) >= 11 is 0. The first-order valence-corrected chi connectivity index (χ1v) is 6.10. The van der Waals surface area contributed by atoms with Gasteiger partial charge in [-0.05, 0) is 12.1 Å². The molecule has 5 nitrogen and oxygen atoms in total. The zero-order valence-corrected chi connectivity index (χ0v) is 9.79. The Morgan fingerprint density at radius 1 is 1.29 bits per heavy atom. The lowest BCUT2D eigenvalue weighted by atomic mass is 10.4. The lowest BCUT2D eigenvalue weighted by molar-refractivity contribution is 0.483. The van der Waals surface area contributed by atoms with E-state index in [1.807, 2.05) is 6.20 Å². The van der Waals surface area contributed by atoms with Crippen LogP contribution in [0.25, 0.3) is 6.20 Å². The second kappa shape index (κ2) is 5.97. The summed E-state index contributed by atoms with van der Waals surface area (Å²) in [4.78, 5) is 3.71. The molecule has 2 rings (SSSR count). The van der Waals surface area contributed by atoms with Crippen LogP contribution in [0.4, 0.5) is 0 Å². The Balaban J connectivity index is 0.000000181. The third-order valence-corrected chi connectivity index (χ3v) is 2.64. The fourth-order valence-corrected chi connectivity index (χ4v) is 1.47. The van der Waals surface area contributed by atoms with E-state index in [0.29, 0.717) is 0 Å². The molecule has 0 fully saturated rings. The van der Waals surface area contributed by atoms with Crippen molar-refractivity contribution in [2.45, 2.75) is 4.90 Å². The van der Waals surface area contributed by atoms with Crippen LogP contribution < -0.4 is 0 Å². The number of nitrogens with zero attached hydrogens (tertiary/aromatic N) is 2. The van der Waals surface area contributed by atoms with Gasteiger partial charge in [-0.1, -0.05) is 24.8 Å². The lowest BCUT2D eigenvalue weighted by Gasteiger charge is -1.92. The van der Waals surface area contributed by atoms with Gasteiger partial charge in [-0.15, -0.1) is 0 Å². The maximum Gasteiger partial charge on any atom is 0.294 e. The van der Waals surface area contributed by atoms with Crippen LogP contribution in [-0.4, -0.2) is 22.5 Å². The molecule has 1 heterocycles. The van der Waals surface area contributed by atoms with Gasteiger partial charge in [0.15, 0.2) is 0 Å². The van der Waals surface area contributed by atoms with Crippen LogP contribution in [-0.2, 0) is 10.1 Å². The van der Waals surface area contributed by atoms with Gasteiger partial charge in [-0.25, -0.2) is 4.98 Å². The van der Waals surface area contributed by atoms with Gasteiger partial charge in [-0.2, -0.15) is 8.42 Å². The lowest BCUT2D eigenvalue weighted by Crippen LogP contribution is -1.96. The fourth-order valence-electron chi connectivity index (χ4n) is 0.970. The van der Waals surface area contributed by atoms with Crippen LogP contribution in [0.5, 0.6) is 0 Å². The molecule has 0 saturated heterocycles. The van der Waals surface area contributed by atoms with Crippen molar-refractivity contribution in [2.24, 2.45) is 0 Å². The number of hydrogen-bond donors (Lipinski definition) is 1. The van der Waals surface area contributed by atoms with Crippen LogP contribution in [0, 0.1) is 0 Å². The maximum absolute atomic E-state index is 10.4. The van der Waals surface area contributed by atoms with Crippen molar-refractivity contribution in [1.82, 2.24) is 9.55 Å². The smallest absolute Gasteiger partial charge is 0.294 e. The molecule has 0 atom stereocenters. The van der Waals surface area contributed by atoms with Crippen molar-refractivity contribution in [3.05, 3.63) is 55.6 Å². The Bertz CT molecular complexity index is 548. The van der Waals surface area contributed by atoms with Crippen molar-refractivity contribution in [1.29, 1.82) is 0 Å². The Kier molecular flexibility index (Phi) is 4.62. The second-order valence-electron chi connectivity index (χ2n) is 2.98. The normalized spacial score (nSPS) is 10.2. The monoisotopic (exact) mass is 252 g/mol. The van der Waals surface area contributed by atoms with E-state index in [9.17, 15) is 8.42 Å². The number of hydrogen-bond acceptors (Lipinski definition) is 3. The largest absolute Gasteiger partial charge is 0.314 e. The molecule has 0 aliphatic carbocycles. The standard InChI is InChI=1S/C6H6O3S.C5H6N2/c7-10(8,9)6-4-2-1-3-5-6;1-2-7-4-3-6-5-7/h1-5H,(H,7,8,9);2-5H,1H2. The summed E-state index contributed by atoms with van der Waals surface area (Å²) in [5.41, 5.74) is 0. The average Bonchev–Trinajstić information content (AvgIpc) is 2.83.